The highest BCUT2D eigenvalue weighted by Crippen LogP contribution is 2.23. The van der Waals surface area contributed by atoms with Crippen molar-refractivity contribution in [1.82, 2.24) is 20.0 Å². The van der Waals surface area contributed by atoms with Gasteiger partial charge in [-0.15, -0.1) is 0 Å². The zero-order valence-electron chi connectivity index (χ0n) is 11.2. The number of aromatic nitrogens is 2. The molecule has 0 aromatic carbocycles. The maximum Gasteiger partial charge on any atom is 0.276 e. The summed E-state index contributed by atoms with van der Waals surface area (Å²) < 4.78 is 0. The maximum absolute atomic E-state index is 12.3. The second kappa shape index (κ2) is 4.97. The number of amides is 1. The van der Waals surface area contributed by atoms with Crippen LogP contribution in [0.1, 0.15) is 35.9 Å². The lowest BCUT2D eigenvalue weighted by Crippen LogP contribution is -2.47. The molecule has 0 aliphatic carbocycles. The third kappa shape index (κ3) is 2.33. The Morgan fingerprint density at radius 2 is 1.94 bits per heavy atom. The number of aromatic amines is 1. The van der Waals surface area contributed by atoms with Crippen LogP contribution in [-0.2, 0) is 0 Å². The Hall–Kier alpha value is -1.56. The number of hydrogen-bond acceptors (Lipinski definition) is 4. The number of nitrogens with one attached hydrogen (secondary N) is 1. The number of likely N-dealkylation sites (N-methyl/N-ethyl adjacent to an activating group) is 1. The minimum Gasteiger partial charge on any atom is -0.395 e. The molecule has 1 amide bonds. The van der Waals surface area contributed by atoms with E-state index in [1.807, 2.05) is 18.7 Å². The summed E-state index contributed by atoms with van der Waals surface area (Å²) in [4.78, 5) is 16.3. The van der Waals surface area contributed by atoms with Crippen molar-refractivity contribution in [3.63, 3.8) is 0 Å². The van der Waals surface area contributed by atoms with E-state index in [9.17, 15) is 4.79 Å². The predicted molar refractivity (Wildman–Crippen MR) is 70.5 cm³/mol. The molecule has 1 saturated heterocycles. The van der Waals surface area contributed by atoms with Crippen LogP contribution in [0.4, 0.5) is 5.69 Å². The molecule has 2 rings (SSSR count). The molecule has 18 heavy (non-hydrogen) atoms. The standard InChI is InChI=1S/C12H21N5O/c1-8(2)10-9(13)11(15-14-10)12(18)17-6-4-16(3)5-7-17/h8H,4-7,13H2,1-3H3,(H,14,15). The fourth-order valence-electron chi connectivity index (χ4n) is 2.13. The number of anilines is 1. The molecule has 0 saturated carbocycles. The van der Waals surface area contributed by atoms with Crippen LogP contribution < -0.4 is 5.73 Å². The van der Waals surface area contributed by atoms with Crippen LogP contribution in [0.2, 0.25) is 0 Å². The molecule has 6 heteroatoms. The molecular weight excluding hydrogens is 230 g/mol. The van der Waals surface area contributed by atoms with Crippen molar-refractivity contribution in [1.29, 1.82) is 0 Å². The quantitative estimate of drug-likeness (QED) is 0.802. The topological polar surface area (TPSA) is 78.2 Å². The van der Waals surface area contributed by atoms with E-state index in [-0.39, 0.29) is 11.8 Å². The Kier molecular flexibility index (Phi) is 3.56. The fraction of sp³-hybridized carbons (Fsp3) is 0.667. The summed E-state index contributed by atoms with van der Waals surface area (Å²) in [6.07, 6.45) is 0. The SMILES string of the molecule is CC(C)c1[nH]nc(C(=O)N2CCN(C)CC2)c1N. The first kappa shape index (κ1) is 12.9. The highest BCUT2D eigenvalue weighted by atomic mass is 16.2. The number of H-pyrrole nitrogens is 1. The van der Waals surface area contributed by atoms with Crippen LogP contribution in [0.5, 0.6) is 0 Å². The highest BCUT2D eigenvalue weighted by molar-refractivity contribution is 5.97. The van der Waals surface area contributed by atoms with E-state index < -0.39 is 0 Å². The maximum atomic E-state index is 12.3. The van der Waals surface area contributed by atoms with Gasteiger partial charge in [0.05, 0.1) is 11.4 Å². The minimum absolute atomic E-state index is 0.0660. The summed E-state index contributed by atoms with van der Waals surface area (Å²) in [6.45, 7) is 7.31. The Morgan fingerprint density at radius 1 is 1.33 bits per heavy atom. The number of nitrogens with two attached hydrogens (primary N) is 1. The summed E-state index contributed by atoms with van der Waals surface area (Å²) in [7, 11) is 2.06. The Balaban J connectivity index is 2.14. The monoisotopic (exact) mass is 251 g/mol. The van der Waals surface area contributed by atoms with Crippen molar-refractivity contribution in [2.24, 2.45) is 0 Å². The van der Waals surface area contributed by atoms with Crippen molar-refractivity contribution >= 4 is 11.6 Å². The van der Waals surface area contributed by atoms with Crippen molar-refractivity contribution in [2.75, 3.05) is 39.0 Å². The van der Waals surface area contributed by atoms with Crippen LogP contribution in [0.3, 0.4) is 0 Å². The van der Waals surface area contributed by atoms with Crippen LogP contribution in [0.15, 0.2) is 0 Å². The van der Waals surface area contributed by atoms with E-state index in [1.54, 1.807) is 0 Å². The van der Waals surface area contributed by atoms with Gasteiger partial charge in [-0.3, -0.25) is 9.89 Å². The summed E-state index contributed by atoms with van der Waals surface area (Å²) in [5.74, 6) is 0.176. The molecule has 2 heterocycles. The van der Waals surface area contributed by atoms with Crippen LogP contribution in [-0.4, -0.2) is 59.1 Å². The highest BCUT2D eigenvalue weighted by Gasteiger charge is 2.25. The van der Waals surface area contributed by atoms with Crippen LogP contribution in [0.25, 0.3) is 0 Å². The van der Waals surface area contributed by atoms with E-state index in [0.29, 0.717) is 11.4 Å². The van der Waals surface area contributed by atoms with Gasteiger partial charge in [0.2, 0.25) is 0 Å². The Labute approximate surface area is 107 Å². The van der Waals surface area contributed by atoms with Crippen molar-refractivity contribution in [3.05, 3.63) is 11.4 Å². The third-order valence-electron chi connectivity index (χ3n) is 3.40. The summed E-state index contributed by atoms with van der Waals surface area (Å²) in [5.41, 5.74) is 7.69. The normalized spacial score (nSPS) is 17.4. The van der Waals surface area contributed by atoms with Crippen molar-refractivity contribution in [2.45, 2.75) is 19.8 Å². The van der Waals surface area contributed by atoms with Gasteiger partial charge in [0.25, 0.3) is 5.91 Å². The summed E-state index contributed by atoms with van der Waals surface area (Å²) >= 11 is 0. The first-order valence-electron chi connectivity index (χ1n) is 6.32. The molecular formula is C12H21N5O. The van der Waals surface area contributed by atoms with Crippen LogP contribution >= 0.6 is 0 Å². The van der Waals surface area contributed by atoms with Gasteiger partial charge in [-0.1, -0.05) is 13.8 Å². The minimum atomic E-state index is -0.0660. The second-order valence-corrected chi connectivity index (χ2v) is 5.15. The number of nitrogens with zero attached hydrogens (tertiary/aromatic N) is 3. The molecule has 1 aromatic heterocycles. The first-order valence-corrected chi connectivity index (χ1v) is 6.32. The molecule has 0 radical (unpaired) electrons. The van der Waals surface area contributed by atoms with Gasteiger partial charge in [-0.2, -0.15) is 5.10 Å². The molecule has 1 aromatic rings. The third-order valence-corrected chi connectivity index (χ3v) is 3.40. The molecule has 0 atom stereocenters. The molecule has 6 nitrogen and oxygen atoms in total. The lowest BCUT2D eigenvalue weighted by atomic mass is 10.1. The lowest BCUT2D eigenvalue weighted by molar-refractivity contribution is 0.0659. The van der Waals surface area contributed by atoms with Gasteiger partial charge in [-0.05, 0) is 13.0 Å². The lowest BCUT2D eigenvalue weighted by Gasteiger charge is -2.32. The molecule has 0 unspecified atom stereocenters. The van der Waals surface area contributed by atoms with E-state index >= 15 is 0 Å². The molecule has 100 valence electrons. The first-order chi connectivity index (χ1) is 8.50. The van der Waals surface area contributed by atoms with Crippen molar-refractivity contribution < 1.29 is 4.79 Å². The molecule has 1 fully saturated rings. The van der Waals surface area contributed by atoms with E-state index in [0.717, 1.165) is 31.9 Å². The smallest absolute Gasteiger partial charge is 0.276 e. The second-order valence-electron chi connectivity index (χ2n) is 5.15. The predicted octanol–water partition coefficient (Wildman–Crippen LogP) is 0.503. The number of carbonyl (C=O) groups is 1. The van der Waals surface area contributed by atoms with Gasteiger partial charge in [0.1, 0.15) is 0 Å². The number of piperazine rings is 1. The molecule has 3 N–H and O–H groups in total. The van der Waals surface area contributed by atoms with Gasteiger partial charge >= 0.3 is 0 Å². The molecule has 0 bridgehead atoms. The zero-order valence-corrected chi connectivity index (χ0v) is 11.2. The Morgan fingerprint density at radius 3 is 2.44 bits per heavy atom. The molecule has 1 aliphatic heterocycles. The average molecular weight is 251 g/mol. The summed E-state index contributed by atoms with van der Waals surface area (Å²) in [5, 5.41) is 6.95. The Bertz CT molecular complexity index is 432. The van der Waals surface area contributed by atoms with Gasteiger partial charge in [0, 0.05) is 26.2 Å². The van der Waals surface area contributed by atoms with Gasteiger partial charge in [-0.25, -0.2) is 0 Å². The van der Waals surface area contributed by atoms with E-state index in [1.165, 1.54) is 0 Å². The molecule has 1 aliphatic rings. The number of carbonyl (C=O) groups excluding carboxylic acids is 1. The molecule has 0 spiro atoms. The fourth-order valence-corrected chi connectivity index (χ4v) is 2.13. The zero-order chi connectivity index (χ0) is 13.3. The van der Waals surface area contributed by atoms with E-state index in [2.05, 4.69) is 22.1 Å². The van der Waals surface area contributed by atoms with Crippen molar-refractivity contribution in [3.8, 4) is 0 Å². The largest absolute Gasteiger partial charge is 0.395 e. The van der Waals surface area contributed by atoms with Crippen LogP contribution in [0, 0.1) is 0 Å². The van der Waals surface area contributed by atoms with Gasteiger partial charge in [0.15, 0.2) is 5.69 Å². The average Bonchev–Trinajstić information content (AvgIpc) is 2.71. The van der Waals surface area contributed by atoms with E-state index in [4.69, 9.17) is 5.73 Å². The summed E-state index contributed by atoms with van der Waals surface area (Å²) in [6, 6.07) is 0. The number of nitrogen functional groups attached to an aromatic ring is 1. The number of rotatable bonds is 2. The van der Waals surface area contributed by atoms with Gasteiger partial charge < -0.3 is 15.5 Å². The number of hydrogen-bond donors (Lipinski definition) is 2.